The maximum Gasteiger partial charge on any atom is 0.415 e. The van der Waals surface area contributed by atoms with Crippen LogP contribution in [0.25, 0.3) is 0 Å². The third kappa shape index (κ3) is 6.32. The van der Waals surface area contributed by atoms with E-state index >= 15 is 0 Å². The fraction of sp³-hybridized carbons (Fsp3) is 0.500. The van der Waals surface area contributed by atoms with Crippen LogP contribution in [0, 0.1) is 0 Å². The highest BCUT2D eigenvalue weighted by Crippen LogP contribution is 2.18. The minimum absolute atomic E-state index is 0.0338. The quantitative estimate of drug-likeness (QED) is 0.728. The van der Waals surface area contributed by atoms with Crippen molar-refractivity contribution in [3.05, 3.63) is 49.1 Å². The summed E-state index contributed by atoms with van der Waals surface area (Å²) in [6.07, 6.45) is 5.03. The van der Waals surface area contributed by atoms with Crippen molar-refractivity contribution in [3.8, 4) is 0 Å². The van der Waals surface area contributed by atoms with E-state index in [0.717, 1.165) is 26.2 Å². The van der Waals surface area contributed by atoms with E-state index in [9.17, 15) is 9.59 Å². The van der Waals surface area contributed by atoms with Gasteiger partial charge in [-0.1, -0.05) is 18.2 Å². The number of aromatic nitrogens is 2. The SMILES string of the molecule is CC(C)(C)OC(=O)N(CC(=O)N1CCN(CCn2ccnc2)CC1)c1ccccc1. The van der Waals surface area contributed by atoms with Crippen LogP contribution in [0.5, 0.6) is 0 Å². The highest BCUT2D eigenvalue weighted by Gasteiger charge is 2.28. The molecule has 162 valence electrons. The van der Waals surface area contributed by atoms with Gasteiger partial charge >= 0.3 is 6.09 Å². The third-order valence-corrected chi connectivity index (χ3v) is 4.93. The van der Waals surface area contributed by atoms with Gasteiger partial charge in [0.2, 0.25) is 5.91 Å². The third-order valence-electron chi connectivity index (χ3n) is 4.93. The van der Waals surface area contributed by atoms with Crippen molar-refractivity contribution in [1.29, 1.82) is 0 Å². The predicted molar refractivity (Wildman–Crippen MR) is 115 cm³/mol. The molecular formula is C22H31N5O3. The van der Waals surface area contributed by atoms with Gasteiger partial charge in [0, 0.05) is 57.3 Å². The molecule has 0 aliphatic carbocycles. The topological polar surface area (TPSA) is 70.9 Å². The molecule has 0 atom stereocenters. The zero-order valence-electron chi connectivity index (χ0n) is 18.0. The molecule has 0 unspecified atom stereocenters. The Kier molecular flexibility index (Phi) is 7.10. The van der Waals surface area contributed by atoms with Gasteiger partial charge in [-0.3, -0.25) is 14.6 Å². The second-order valence-corrected chi connectivity index (χ2v) is 8.42. The Balaban J connectivity index is 1.56. The summed E-state index contributed by atoms with van der Waals surface area (Å²) < 4.78 is 7.58. The van der Waals surface area contributed by atoms with Crippen LogP contribution < -0.4 is 4.90 Å². The molecule has 0 spiro atoms. The molecule has 1 fully saturated rings. The summed E-state index contributed by atoms with van der Waals surface area (Å²) in [4.78, 5) is 35.3. The summed E-state index contributed by atoms with van der Waals surface area (Å²) in [6.45, 7) is 10.2. The molecule has 0 bridgehead atoms. The number of rotatable bonds is 6. The van der Waals surface area contributed by atoms with Crippen LogP contribution in [0.3, 0.4) is 0 Å². The molecule has 8 heteroatoms. The van der Waals surface area contributed by atoms with Gasteiger partial charge in [0.05, 0.1) is 6.33 Å². The first-order valence-electron chi connectivity index (χ1n) is 10.3. The lowest BCUT2D eigenvalue weighted by atomic mass is 10.2. The van der Waals surface area contributed by atoms with Crippen molar-refractivity contribution in [1.82, 2.24) is 19.4 Å². The lowest BCUT2D eigenvalue weighted by Gasteiger charge is -2.36. The van der Waals surface area contributed by atoms with Crippen molar-refractivity contribution < 1.29 is 14.3 Å². The number of amides is 2. The molecule has 1 aliphatic rings. The van der Waals surface area contributed by atoms with Crippen LogP contribution in [0.15, 0.2) is 49.1 Å². The molecule has 3 rings (SSSR count). The molecule has 1 aliphatic heterocycles. The first kappa shape index (κ1) is 21.8. The summed E-state index contributed by atoms with van der Waals surface area (Å²) in [5, 5.41) is 0. The molecule has 2 heterocycles. The zero-order chi connectivity index (χ0) is 21.6. The normalized spacial score (nSPS) is 15.1. The molecule has 2 amide bonds. The number of benzene rings is 1. The molecule has 8 nitrogen and oxygen atoms in total. The number of carbonyl (C=O) groups is 2. The highest BCUT2D eigenvalue weighted by atomic mass is 16.6. The molecule has 1 saturated heterocycles. The van der Waals surface area contributed by atoms with E-state index in [0.29, 0.717) is 18.8 Å². The second-order valence-electron chi connectivity index (χ2n) is 8.42. The summed E-state index contributed by atoms with van der Waals surface area (Å²) in [5.41, 5.74) is 0.0210. The van der Waals surface area contributed by atoms with Crippen LogP contribution in [0.1, 0.15) is 20.8 Å². The van der Waals surface area contributed by atoms with E-state index in [2.05, 4.69) is 14.5 Å². The van der Waals surface area contributed by atoms with Crippen molar-refractivity contribution in [2.75, 3.05) is 44.2 Å². The standard InChI is InChI=1S/C22H31N5O3/c1-22(2,3)30-21(29)27(19-7-5-4-6-8-19)17-20(28)26-15-13-24(14-16-26)11-12-25-10-9-23-18-25/h4-10,18H,11-17H2,1-3H3. The summed E-state index contributed by atoms with van der Waals surface area (Å²) in [6, 6.07) is 9.19. The minimum Gasteiger partial charge on any atom is -0.443 e. The van der Waals surface area contributed by atoms with E-state index in [1.54, 1.807) is 6.20 Å². The lowest BCUT2D eigenvalue weighted by molar-refractivity contribution is -0.131. The zero-order valence-corrected chi connectivity index (χ0v) is 18.0. The maximum absolute atomic E-state index is 12.9. The van der Waals surface area contributed by atoms with Crippen molar-refractivity contribution in [2.24, 2.45) is 0 Å². The number of carbonyl (C=O) groups excluding carboxylic acids is 2. The molecule has 30 heavy (non-hydrogen) atoms. The van der Waals surface area contributed by atoms with E-state index in [1.165, 1.54) is 4.90 Å². The number of ether oxygens (including phenoxy) is 1. The summed E-state index contributed by atoms with van der Waals surface area (Å²) in [7, 11) is 0. The highest BCUT2D eigenvalue weighted by molar-refractivity contribution is 5.95. The van der Waals surface area contributed by atoms with Gasteiger partial charge in [-0.2, -0.15) is 0 Å². The Labute approximate surface area is 178 Å². The number of hydrogen-bond donors (Lipinski definition) is 0. The van der Waals surface area contributed by atoms with Gasteiger partial charge in [0.1, 0.15) is 12.1 Å². The number of piperazine rings is 1. The molecule has 1 aromatic carbocycles. The second kappa shape index (κ2) is 9.75. The summed E-state index contributed by atoms with van der Waals surface area (Å²) >= 11 is 0. The van der Waals surface area contributed by atoms with Crippen LogP contribution in [0.2, 0.25) is 0 Å². The van der Waals surface area contributed by atoms with E-state index in [4.69, 9.17) is 4.74 Å². The molecule has 2 aromatic rings. The van der Waals surface area contributed by atoms with Crippen LogP contribution in [-0.4, -0.2) is 76.2 Å². The lowest BCUT2D eigenvalue weighted by Crippen LogP contribution is -2.52. The Hall–Kier alpha value is -2.87. The van der Waals surface area contributed by atoms with Gasteiger partial charge in [-0.25, -0.2) is 9.78 Å². The van der Waals surface area contributed by atoms with E-state index in [1.807, 2.05) is 68.5 Å². The van der Waals surface area contributed by atoms with E-state index < -0.39 is 11.7 Å². The molecule has 0 N–H and O–H groups in total. The smallest absolute Gasteiger partial charge is 0.415 e. The fourth-order valence-corrected chi connectivity index (χ4v) is 3.32. The first-order valence-corrected chi connectivity index (χ1v) is 10.3. The number of imidazole rings is 1. The Morgan fingerprint density at radius 2 is 1.77 bits per heavy atom. The summed E-state index contributed by atoms with van der Waals surface area (Å²) in [5.74, 6) is -0.0704. The predicted octanol–water partition coefficient (Wildman–Crippen LogP) is 2.47. The minimum atomic E-state index is -0.631. The van der Waals surface area contributed by atoms with Gasteiger partial charge in [0.15, 0.2) is 0 Å². The van der Waals surface area contributed by atoms with Crippen LogP contribution in [0.4, 0.5) is 10.5 Å². The average molecular weight is 414 g/mol. The molecular weight excluding hydrogens is 382 g/mol. The van der Waals surface area contributed by atoms with Crippen molar-refractivity contribution in [2.45, 2.75) is 32.9 Å². The Morgan fingerprint density at radius 1 is 1.07 bits per heavy atom. The molecule has 0 saturated carbocycles. The largest absolute Gasteiger partial charge is 0.443 e. The van der Waals surface area contributed by atoms with Crippen molar-refractivity contribution >= 4 is 17.7 Å². The van der Waals surface area contributed by atoms with E-state index in [-0.39, 0.29) is 12.5 Å². The number of anilines is 1. The van der Waals surface area contributed by atoms with Crippen LogP contribution >= 0.6 is 0 Å². The molecule has 0 radical (unpaired) electrons. The Morgan fingerprint density at radius 3 is 2.37 bits per heavy atom. The van der Waals surface area contributed by atoms with Gasteiger partial charge in [-0.05, 0) is 32.9 Å². The maximum atomic E-state index is 12.9. The van der Waals surface area contributed by atoms with Crippen LogP contribution in [-0.2, 0) is 16.1 Å². The van der Waals surface area contributed by atoms with Gasteiger partial charge in [-0.15, -0.1) is 0 Å². The number of para-hydroxylation sites is 1. The Bertz CT molecular complexity index is 809. The first-order chi connectivity index (χ1) is 14.3. The molecule has 1 aromatic heterocycles. The average Bonchev–Trinajstić information content (AvgIpc) is 3.23. The van der Waals surface area contributed by atoms with Crippen molar-refractivity contribution in [3.63, 3.8) is 0 Å². The van der Waals surface area contributed by atoms with Gasteiger partial charge < -0.3 is 14.2 Å². The number of hydrogen-bond acceptors (Lipinski definition) is 5. The van der Waals surface area contributed by atoms with Gasteiger partial charge in [0.25, 0.3) is 0 Å². The monoisotopic (exact) mass is 413 g/mol. The fourth-order valence-electron chi connectivity index (χ4n) is 3.32. The number of nitrogens with zero attached hydrogens (tertiary/aromatic N) is 5.